The Morgan fingerprint density at radius 1 is 1.33 bits per heavy atom. The Kier molecular flexibility index (Phi) is 4.28. The lowest BCUT2D eigenvalue weighted by Crippen LogP contribution is -2.25. The summed E-state index contributed by atoms with van der Waals surface area (Å²) in [6.07, 6.45) is 1.78. The van der Waals surface area contributed by atoms with Crippen molar-refractivity contribution in [3.63, 3.8) is 0 Å². The van der Waals surface area contributed by atoms with E-state index in [1.165, 1.54) is 12.1 Å². The summed E-state index contributed by atoms with van der Waals surface area (Å²) in [5, 5.41) is 0. The van der Waals surface area contributed by atoms with Gasteiger partial charge in [0.05, 0.1) is 0 Å². The van der Waals surface area contributed by atoms with E-state index >= 15 is 0 Å². The molecule has 1 aromatic carbocycles. The zero-order chi connectivity index (χ0) is 11.3. The molecule has 15 heavy (non-hydrogen) atoms. The number of halogens is 1. The van der Waals surface area contributed by atoms with Crippen LogP contribution in [0.3, 0.4) is 0 Å². The number of nitrogens with zero attached hydrogens (tertiary/aromatic N) is 1. The molecular formula is C12H16FNO. The highest BCUT2D eigenvalue weighted by atomic mass is 19.1. The van der Waals surface area contributed by atoms with Gasteiger partial charge in [-0.2, -0.15) is 0 Å². The Bertz CT molecular complexity index is 321. The molecule has 0 radical (unpaired) electrons. The fourth-order valence-corrected chi connectivity index (χ4v) is 1.33. The van der Waals surface area contributed by atoms with E-state index in [9.17, 15) is 9.18 Å². The summed E-state index contributed by atoms with van der Waals surface area (Å²) in [5.41, 5.74) is 1.10. The van der Waals surface area contributed by atoms with Crippen molar-refractivity contribution in [2.75, 3.05) is 13.6 Å². The minimum atomic E-state index is -0.209. The fourth-order valence-electron chi connectivity index (χ4n) is 1.33. The van der Waals surface area contributed by atoms with Gasteiger partial charge in [0.2, 0.25) is 5.91 Å². The molecule has 3 heteroatoms. The quantitative estimate of drug-likeness (QED) is 0.744. The van der Waals surface area contributed by atoms with Gasteiger partial charge >= 0.3 is 0 Å². The number of hydrogen-bond acceptors (Lipinski definition) is 1. The molecule has 1 aromatic rings. The van der Waals surface area contributed by atoms with Crippen molar-refractivity contribution >= 4 is 5.91 Å². The summed E-state index contributed by atoms with van der Waals surface area (Å²) in [7, 11) is 1.78. The molecule has 1 amide bonds. The number of rotatable bonds is 4. The summed E-state index contributed by atoms with van der Waals surface area (Å²) in [4.78, 5) is 12.6. The van der Waals surface area contributed by atoms with Crippen molar-refractivity contribution in [1.82, 2.24) is 4.90 Å². The van der Waals surface area contributed by atoms with E-state index in [1.54, 1.807) is 31.0 Å². The molecule has 0 atom stereocenters. The van der Waals surface area contributed by atoms with Crippen LogP contribution in [0.2, 0.25) is 0 Å². The Hall–Kier alpha value is -1.38. The highest BCUT2D eigenvalue weighted by Gasteiger charge is 2.01. The van der Waals surface area contributed by atoms with Crippen molar-refractivity contribution in [2.45, 2.75) is 19.8 Å². The lowest BCUT2D eigenvalue weighted by atomic mass is 10.1. The van der Waals surface area contributed by atoms with Gasteiger partial charge in [0.25, 0.3) is 0 Å². The van der Waals surface area contributed by atoms with Gasteiger partial charge in [0.15, 0.2) is 0 Å². The summed E-state index contributed by atoms with van der Waals surface area (Å²) in [6.45, 7) is 2.30. The van der Waals surface area contributed by atoms with Crippen molar-refractivity contribution in [1.29, 1.82) is 0 Å². The second-order valence-electron chi connectivity index (χ2n) is 3.67. The first-order valence-electron chi connectivity index (χ1n) is 5.06. The molecule has 0 N–H and O–H groups in total. The summed E-state index contributed by atoms with van der Waals surface area (Å²) in [6, 6.07) is 6.49. The maximum Gasteiger partial charge on any atom is 0.219 e. The second-order valence-corrected chi connectivity index (χ2v) is 3.67. The maximum atomic E-state index is 12.6. The molecule has 0 saturated carbocycles. The monoisotopic (exact) mass is 209 g/mol. The van der Waals surface area contributed by atoms with Gasteiger partial charge in [-0.15, -0.1) is 0 Å². The average molecular weight is 209 g/mol. The van der Waals surface area contributed by atoms with Crippen LogP contribution in [0.5, 0.6) is 0 Å². The van der Waals surface area contributed by atoms with Crippen LogP contribution < -0.4 is 0 Å². The molecule has 82 valence electrons. The SMILES string of the molecule is CC(=O)N(C)CCCc1ccc(F)cc1. The van der Waals surface area contributed by atoms with Crippen LogP contribution in [-0.4, -0.2) is 24.4 Å². The summed E-state index contributed by atoms with van der Waals surface area (Å²) >= 11 is 0. The highest BCUT2D eigenvalue weighted by Crippen LogP contribution is 2.05. The van der Waals surface area contributed by atoms with Crippen molar-refractivity contribution in [3.05, 3.63) is 35.6 Å². The lowest BCUT2D eigenvalue weighted by Gasteiger charge is -2.14. The first kappa shape index (κ1) is 11.7. The molecule has 0 unspecified atom stereocenters. The molecule has 0 aromatic heterocycles. The van der Waals surface area contributed by atoms with Crippen molar-refractivity contribution in [3.8, 4) is 0 Å². The predicted molar refractivity (Wildman–Crippen MR) is 58.0 cm³/mol. The molecule has 0 aliphatic rings. The standard InChI is InChI=1S/C12H16FNO/c1-10(15)14(2)9-3-4-11-5-7-12(13)8-6-11/h5-8H,3-4,9H2,1-2H3. The minimum absolute atomic E-state index is 0.0779. The van der Waals surface area contributed by atoms with E-state index in [0.717, 1.165) is 24.9 Å². The number of benzene rings is 1. The van der Waals surface area contributed by atoms with Crippen molar-refractivity contribution < 1.29 is 9.18 Å². The van der Waals surface area contributed by atoms with Gasteiger partial charge < -0.3 is 4.90 Å². The highest BCUT2D eigenvalue weighted by molar-refractivity contribution is 5.72. The molecule has 0 aliphatic carbocycles. The Balaban J connectivity index is 2.32. The first-order chi connectivity index (χ1) is 7.09. The third-order valence-corrected chi connectivity index (χ3v) is 2.41. The smallest absolute Gasteiger partial charge is 0.219 e. The van der Waals surface area contributed by atoms with E-state index in [2.05, 4.69) is 0 Å². The van der Waals surface area contributed by atoms with Crippen LogP contribution in [0.1, 0.15) is 18.9 Å². The molecule has 0 aliphatic heterocycles. The first-order valence-corrected chi connectivity index (χ1v) is 5.06. The topological polar surface area (TPSA) is 20.3 Å². The molecular weight excluding hydrogens is 193 g/mol. The fraction of sp³-hybridized carbons (Fsp3) is 0.417. The summed E-state index contributed by atoms with van der Waals surface area (Å²) < 4.78 is 12.6. The molecule has 0 saturated heterocycles. The average Bonchev–Trinajstić information content (AvgIpc) is 2.20. The van der Waals surface area contributed by atoms with E-state index in [4.69, 9.17) is 0 Å². The number of aryl methyl sites for hydroxylation is 1. The normalized spacial score (nSPS) is 10.1. The van der Waals surface area contributed by atoms with E-state index in [0.29, 0.717) is 0 Å². The third-order valence-electron chi connectivity index (χ3n) is 2.41. The third kappa shape index (κ3) is 4.11. The van der Waals surface area contributed by atoms with Gasteiger partial charge in [-0.3, -0.25) is 4.79 Å². The lowest BCUT2D eigenvalue weighted by molar-refractivity contribution is -0.127. The second kappa shape index (κ2) is 5.49. The van der Waals surface area contributed by atoms with Crippen LogP contribution in [-0.2, 0) is 11.2 Å². The maximum absolute atomic E-state index is 12.6. The number of hydrogen-bond donors (Lipinski definition) is 0. The van der Waals surface area contributed by atoms with Gasteiger partial charge in [-0.25, -0.2) is 4.39 Å². The number of carbonyl (C=O) groups excluding carboxylic acids is 1. The van der Waals surface area contributed by atoms with Gasteiger partial charge in [0.1, 0.15) is 5.82 Å². The Labute approximate surface area is 89.7 Å². The van der Waals surface area contributed by atoms with E-state index in [1.807, 2.05) is 0 Å². The number of amides is 1. The molecule has 0 bridgehead atoms. The summed E-state index contributed by atoms with van der Waals surface area (Å²) in [5.74, 6) is -0.131. The Morgan fingerprint density at radius 2 is 1.93 bits per heavy atom. The molecule has 2 nitrogen and oxygen atoms in total. The van der Waals surface area contributed by atoms with Gasteiger partial charge in [0, 0.05) is 20.5 Å². The zero-order valence-electron chi connectivity index (χ0n) is 9.16. The Morgan fingerprint density at radius 3 is 2.47 bits per heavy atom. The van der Waals surface area contributed by atoms with E-state index in [-0.39, 0.29) is 11.7 Å². The largest absolute Gasteiger partial charge is 0.346 e. The minimum Gasteiger partial charge on any atom is -0.346 e. The van der Waals surface area contributed by atoms with Crippen LogP contribution in [0.15, 0.2) is 24.3 Å². The van der Waals surface area contributed by atoms with Crippen LogP contribution >= 0.6 is 0 Å². The van der Waals surface area contributed by atoms with Crippen molar-refractivity contribution in [2.24, 2.45) is 0 Å². The molecule has 0 heterocycles. The van der Waals surface area contributed by atoms with Gasteiger partial charge in [-0.1, -0.05) is 12.1 Å². The molecule has 0 fully saturated rings. The van der Waals surface area contributed by atoms with E-state index < -0.39 is 0 Å². The van der Waals surface area contributed by atoms with Crippen LogP contribution in [0.4, 0.5) is 4.39 Å². The molecule has 1 rings (SSSR count). The zero-order valence-corrected chi connectivity index (χ0v) is 9.16. The molecule has 0 spiro atoms. The predicted octanol–water partition coefficient (Wildman–Crippen LogP) is 2.24. The van der Waals surface area contributed by atoms with Crippen LogP contribution in [0, 0.1) is 5.82 Å². The number of carbonyl (C=O) groups is 1. The van der Waals surface area contributed by atoms with Gasteiger partial charge in [-0.05, 0) is 30.5 Å². The van der Waals surface area contributed by atoms with Crippen LogP contribution in [0.25, 0.3) is 0 Å².